The van der Waals surface area contributed by atoms with E-state index in [2.05, 4.69) is 9.89 Å². The Kier molecular flexibility index (Phi) is 14.0. The molecule has 0 saturated heterocycles. The number of ether oxygens (including phenoxy) is 1. The third kappa shape index (κ3) is 10.4. The van der Waals surface area contributed by atoms with Gasteiger partial charge in [-0.2, -0.15) is 29.8 Å². The summed E-state index contributed by atoms with van der Waals surface area (Å²) in [5.41, 5.74) is 4.12. The molecule has 5 N–H and O–H groups in total. The number of rotatable bonds is 18. The third-order valence-electron chi connectivity index (χ3n) is 11.3. The molecule has 3 aliphatic rings. The fourth-order valence-electron chi connectivity index (χ4n) is 8.08. The summed E-state index contributed by atoms with van der Waals surface area (Å²) in [5, 5.41) is 13.0. The smallest absolute Gasteiger partial charge is 0.303 e. The summed E-state index contributed by atoms with van der Waals surface area (Å²) in [6.45, 7) is 4.70. The number of hydrogen-bond acceptors (Lipinski definition) is 9. The molecule has 2 heterocycles. The Labute approximate surface area is 345 Å². The molecular formula is C40H50ClN2O12S3+. The average Bonchev–Trinajstić information content (AvgIpc) is 3.54. The fraction of sp³-hybridized carbons (Fsp3) is 0.450. The maximum atomic E-state index is 12.2. The lowest BCUT2D eigenvalue weighted by Gasteiger charge is -2.27. The first-order chi connectivity index (χ1) is 27.1. The van der Waals surface area contributed by atoms with E-state index in [1.54, 1.807) is 13.2 Å². The second kappa shape index (κ2) is 17.9. The Morgan fingerprint density at radius 3 is 2.17 bits per heavy atom. The van der Waals surface area contributed by atoms with Crippen LogP contribution in [0.1, 0.15) is 89.2 Å². The zero-order chi connectivity index (χ0) is 42.7. The van der Waals surface area contributed by atoms with Gasteiger partial charge in [-0.1, -0.05) is 23.8 Å². The van der Waals surface area contributed by atoms with Crippen molar-refractivity contribution < 1.29 is 58.1 Å². The molecular weight excluding hydrogens is 832 g/mol. The van der Waals surface area contributed by atoms with Gasteiger partial charge in [-0.25, -0.2) is 0 Å². The van der Waals surface area contributed by atoms with E-state index < -0.39 is 52.9 Å². The van der Waals surface area contributed by atoms with Crippen molar-refractivity contribution >= 4 is 65.0 Å². The summed E-state index contributed by atoms with van der Waals surface area (Å²) >= 11 is 7.12. The molecule has 0 bridgehead atoms. The number of aliphatic carboxylic acids is 1. The number of anilines is 1. The molecule has 2 aliphatic heterocycles. The number of carboxylic acids is 1. The van der Waals surface area contributed by atoms with Crippen LogP contribution in [0.4, 0.5) is 11.4 Å². The zero-order valence-corrected chi connectivity index (χ0v) is 35.8. The Morgan fingerprint density at radius 2 is 1.53 bits per heavy atom. The Balaban J connectivity index is 1.54. The van der Waals surface area contributed by atoms with Crippen LogP contribution < -0.4 is 5.32 Å². The lowest BCUT2D eigenvalue weighted by atomic mass is 9.76. The van der Waals surface area contributed by atoms with E-state index in [4.69, 9.17) is 21.4 Å². The molecule has 0 radical (unpaired) electrons. The minimum atomic E-state index is -4.53. The van der Waals surface area contributed by atoms with Crippen molar-refractivity contribution in [1.29, 1.82) is 0 Å². The Morgan fingerprint density at radius 1 is 0.862 bits per heavy atom. The second-order valence-corrected chi connectivity index (χ2v) is 20.1. The van der Waals surface area contributed by atoms with Gasteiger partial charge in [-0.15, -0.1) is 0 Å². The predicted molar refractivity (Wildman–Crippen MR) is 221 cm³/mol. The molecule has 316 valence electrons. The van der Waals surface area contributed by atoms with E-state index in [9.17, 15) is 43.7 Å². The van der Waals surface area contributed by atoms with E-state index in [1.807, 2.05) is 38.2 Å². The minimum Gasteiger partial charge on any atom is -0.481 e. The molecule has 0 aromatic heterocycles. The highest BCUT2D eigenvalue weighted by Crippen LogP contribution is 2.48. The first-order valence-electron chi connectivity index (χ1n) is 18.9. The molecule has 5 rings (SSSR count). The molecule has 1 aliphatic carbocycles. The summed E-state index contributed by atoms with van der Waals surface area (Å²) in [6.07, 6.45) is 12.4. The number of nitrogens with one attached hydrogen (secondary N) is 1. The van der Waals surface area contributed by atoms with Crippen molar-refractivity contribution in [3.05, 3.63) is 93.7 Å². The standard InChI is InChI=1S/C40H49ClN2O12S3/c1-39(20-8-24-56(46,47)48)31-25-29(57(49,50)51)14-16-33(31)42-35(39)18-12-27-9-7-10-28(38(27)41)13-19-36-40(2,21-23-55-3)32-26-30(58(52,53)54)15-17-34(32)43(36)22-6-4-5-11-37(44)45/h12-19,25-26H,4-11,20-24H2,1-3H3,(H4,44,45,46,47,48,49,50,51,52,53,54)/p+1. The summed E-state index contributed by atoms with van der Waals surface area (Å²) in [7, 11) is -11.7. The molecule has 0 spiro atoms. The maximum Gasteiger partial charge on any atom is 0.303 e. The zero-order valence-electron chi connectivity index (χ0n) is 32.6. The lowest BCUT2D eigenvalue weighted by molar-refractivity contribution is -0.438. The number of allylic oxidation sites excluding steroid dienone is 8. The largest absolute Gasteiger partial charge is 0.481 e. The van der Waals surface area contributed by atoms with Gasteiger partial charge in [0.2, 0.25) is 5.69 Å². The van der Waals surface area contributed by atoms with Crippen molar-refractivity contribution in [3.8, 4) is 0 Å². The van der Waals surface area contributed by atoms with Crippen LogP contribution in [0.15, 0.2) is 92.4 Å². The van der Waals surface area contributed by atoms with Gasteiger partial charge in [-0.3, -0.25) is 18.5 Å². The monoisotopic (exact) mass is 881 g/mol. The molecule has 18 heteroatoms. The number of methoxy groups -OCH3 is 1. The van der Waals surface area contributed by atoms with Gasteiger partial charge in [0, 0.05) is 66.1 Å². The van der Waals surface area contributed by atoms with Gasteiger partial charge < -0.3 is 15.2 Å². The van der Waals surface area contributed by atoms with Crippen LogP contribution in [0.3, 0.4) is 0 Å². The molecule has 2 aromatic carbocycles. The number of carboxylic acid groups (broad SMARTS) is 1. The lowest BCUT2D eigenvalue weighted by Crippen LogP contribution is -2.33. The molecule has 0 amide bonds. The average molecular weight is 882 g/mol. The SMILES string of the molecule is COCCC1(C)C(/C=C/C2=C(Cl)C(=C/C=C3/Nc4ccc(S(=O)(=O)O)cc4C3(C)CCCS(=O)(=O)O)/CCC2)=[N+](CCCCCC(=O)O)c2ccc(S(=O)(=O)O)cc21. The highest BCUT2D eigenvalue weighted by Gasteiger charge is 2.48. The molecule has 0 saturated carbocycles. The van der Waals surface area contributed by atoms with E-state index in [0.717, 1.165) is 29.0 Å². The van der Waals surface area contributed by atoms with Crippen molar-refractivity contribution in [2.75, 3.05) is 31.3 Å². The number of fused-ring (bicyclic) bond motifs is 2. The molecule has 0 fully saturated rings. The van der Waals surface area contributed by atoms with Crippen molar-refractivity contribution in [3.63, 3.8) is 0 Å². The number of nitrogens with zero attached hydrogens (tertiary/aromatic N) is 1. The first-order valence-corrected chi connectivity index (χ1v) is 23.8. The van der Waals surface area contributed by atoms with Crippen LogP contribution in [0.2, 0.25) is 0 Å². The van der Waals surface area contributed by atoms with E-state index >= 15 is 0 Å². The fourth-order valence-corrected chi connectivity index (χ4v) is 9.91. The maximum absolute atomic E-state index is 12.2. The van der Waals surface area contributed by atoms with Crippen LogP contribution in [0.25, 0.3) is 0 Å². The molecule has 58 heavy (non-hydrogen) atoms. The minimum absolute atomic E-state index is 0.0563. The van der Waals surface area contributed by atoms with Crippen molar-refractivity contribution in [2.24, 2.45) is 0 Å². The van der Waals surface area contributed by atoms with Gasteiger partial charge in [0.25, 0.3) is 30.4 Å². The third-order valence-corrected chi connectivity index (χ3v) is 14.3. The number of benzene rings is 2. The number of unbranched alkanes of at least 4 members (excludes halogenated alkanes) is 2. The van der Waals surface area contributed by atoms with Crippen molar-refractivity contribution in [2.45, 2.75) is 98.7 Å². The Hall–Kier alpha value is -3.68. The van der Waals surface area contributed by atoms with E-state index in [-0.39, 0.29) is 29.1 Å². The van der Waals surface area contributed by atoms with Gasteiger partial charge >= 0.3 is 5.97 Å². The Bertz CT molecular complexity index is 2460. The first kappa shape index (κ1) is 45.4. The molecule has 14 nitrogen and oxygen atoms in total. The topological polar surface area (TPSA) is 225 Å². The van der Waals surface area contributed by atoms with Gasteiger partial charge in [0.05, 0.1) is 21.0 Å². The van der Waals surface area contributed by atoms with Crippen LogP contribution in [0.5, 0.6) is 0 Å². The normalized spacial score (nSPS) is 22.6. The molecule has 2 unspecified atom stereocenters. The second-order valence-electron chi connectivity index (χ2n) is 15.3. The quantitative estimate of drug-likeness (QED) is 0.0563. The predicted octanol–water partition coefficient (Wildman–Crippen LogP) is 7.31. The van der Waals surface area contributed by atoms with Crippen LogP contribution in [-0.4, -0.2) is 86.3 Å². The summed E-state index contributed by atoms with van der Waals surface area (Å²) in [5.74, 6) is -1.36. The van der Waals surface area contributed by atoms with E-state index in [0.29, 0.717) is 79.2 Å². The van der Waals surface area contributed by atoms with E-state index in [1.165, 1.54) is 30.3 Å². The van der Waals surface area contributed by atoms with Crippen LogP contribution in [0, 0.1) is 0 Å². The van der Waals surface area contributed by atoms with Crippen LogP contribution >= 0.6 is 11.6 Å². The molecule has 2 aromatic rings. The summed E-state index contributed by atoms with van der Waals surface area (Å²) in [4.78, 5) is 10.6. The number of hydrogen-bond donors (Lipinski definition) is 5. The van der Waals surface area contributed by atoms with Crippen LogP contribution in [-0.2, 0) is 50.7 Å². The molecule has 2 atom stereocenters. The highest BCUT2D eigenvalue weighted by atomic mass is 35.5. The highest BCUT2D eigenvalue weighted by molar-refractivity contribution is 7.86. The van der Waals surface area contributed by atoms with Gasteiger partial charge in [-0.05, 0) is 118 Å². The van der Waals surface area contributed by atoms with Gasteiger partial charge in [0.1, 0.15) is 6.54 Å². The number of halogens is 1. The van der Waals surface area contributed by atoms with Crippen molar-refractivity contribution in [1.82, 2.24) is 0 Å². The number of carbonyl (C=O) groups is 1. The summed E-state index contributed by atoms with van der Waals surface area (Å²) in [6, 6.07) is 8.71. The summed E-state index contributed by atoms with van der Waals surface area (Å²) < 4.78 is 108. The van der Waals surface area contributed by atoms with Gasteiger partial charge in [0.15, 0.2) is 5.71 Å².